The largest absolute Gasteiger partial charge is 0.373 e. The molecule has 2 aromatic rings. The number of benzene rings is 1. The van der Waals surface area contributed by atoms with Crippen LogP contribution in [0.4, 0.5) is 20.2 Å². The highest BCUT2D eigenvalue weighted by atomic mass is 32.1. The van der Waals surface area contributed by atoms with Gasteiger partial charge in [-0.2, -0.15) is 0 Å². The Labute approximate surface area is 116 Å². The molecule has 0 fully saturated rings. The fourth-order valence-electron chi connectivity index (χ4n) is 1.67. The van der Waals surface area contributed by atoms with Gasteiger partial charge >= 0.3 is 0 Å². The van der Waals surface area contributed by atoms with Crippen LogP contribution in [0.2, 0.25) is 0 Å². The van der Waals surface area contributed by atoms with Crippen LogP contribution in [-0.4, -0.2) is 28.9 Å². The number of fused-ring (bicyclic) bond motifs is 1. The predicted octanol–water partition coefficient (Wildman–Crippen LogP) is 2.52. The van der Waals surface area contributed by atoms with Crippen molar-refractivity contribution in [3.8, 4) is 0 Å². The number of thiazole rings is 1. The number of rotatable bonds is 5. The van der Waals surface area contributed by atoms with Crippen molar-refractivity contribution in [1.29, 1.82) is 0 Å². The van der Waals surface area contributed by atoms with E-state index in [-0.39, 0.29) is 11.4 Å². The number of nitro groups is 1. The number of anilines is 1. The van der Waals surface area contributed by atoms with Crippen LogP contribution in [0.3, 0.4) is 0 Å². The summed E-state index contributed by atoms with van der Waals surface area (Å²) in [6.45, 7) is 0.178. The van der Waals surface area contributed by atoms with Gasteiger partial charge in [0, 0.05) is 6.07 Å². The summed E-state index contributed by atoms with van der Waals surface area (Å²) in [6, 6.07) is 2.74. The van der Waals surface area contributed by atoms with Gasteiger partial charge in [-0.1, -0.05) is 0 Å². The first-order chi connectivity index (χ1) is 9.32. The van der Waals surface area contributed by atoms with Crippen molar-refractivity contribution in [2.24, 2.45) is 5.73 Å². The first kappa shape index (κ1) is 14.5. The molecule has 0 saturated heterocycles. The van der Waals surface area contributed by atoms with Gasteiger partial charge in [0.25, 0.3) is 11.6 Å². The van der Waals surface area contributed by atoms with Gasteiger partial charge in [-0.15, -0.1) is 11.3 Å². The maximum absolute atomic E-state index is 13.1. The standard InChI is InChI=1S/C11H12F2N4O2S/c1-6-16-8-2-7(15-5-11(12,13)4-14)9(17(18)19)3-10(8)20-6/h2-3,15H,4-5,14H2,1H3. The summed E-state index contributed by atoms with van der Waals surface area (Å²) in [4.78, 5) is 14.6. The van der Waals surface area contributed by atoms with Gasteiger partial charge in [0.2, 0.25) is 0 Å². The van der Waals surface area contributed by atoms with E-state index < -0.39 is 23.9 Å². The Morgan fingerprint density at radius 2 is 2.25 bits per heavy atom. The highest BCUT2D eigenvalue weighted by Crippen LogP contribution is 2.33. The molecular formula is C11H12F2N4O2S. The minimum Gasteiger partial charge on any atom is -0.373 e. The number of hydrogen-bond acceptors (Lipinski definition) is 6. The van der Waals surface area contributed by atoms with E-state index in [0.29, 0.717) is 10.2 Å². The van der Waals surface area contributed by atoms with Crippen molar-refractivity contribution in [2.75, 3.05) is 18.4 Å². The molecule has 0 amide bonds. The number of aromatic nitrogens is 1. The molecule has 0 radical (unpaired) electrons. The number of halogens is 2. The molecule has 1 heterocycles. The van der Waals surface area contributed by atoms with Crippen LogP contribution in [-0.2, 0) is 0 Å². The van der Waals surface area contributed by atoms with Crippen molar-refractivity contribution in [3.63, 3.8) is 0 Å². The van der Waals surface area contributed by atoms with Crippen LogP contribution in [0, 0.1) is 17.0 Å². The van der Waals surface area contributed by atoms with Crippen molar-refractivity contribution >= 4 is 32.9 Å². The van der Waals surface area contributed by atoms with Gasteiger partial charge in [-0.05, 0) is 13.0 Å². The molecule has 20 heavy (non-hydrogen) atoms. The SMILES string of the molecule is Cc1nc2cc(NCC(F)(F)CN)c([N+](=O)[O-])cc2s1. The van der Waals surface area contributed by atoms with Gasteiger partial charge in [-0.3, -0.25) is 10.1 Å². The summed E-state index contributed by atoms with van der Waals surface area (Å²) in [5, 5.41) is 14.1. The summed E-state index contributed by atoms with van der Waals surface area (Å²) in [6.07, 6.45) is 0. The normalized spacial score (nSPS) is 11.8. The Morgan fingerprint density at radius 3 is 2.85 bits per heavy atom. The number of nitrogens with two attached hydrogens (primary N) is 1. The minimum absolute atomic E-state index is 0.0147. The summed E-state index contributed by atoms with van der Waals surface area (Å²) >= 11 is 1.31. The highest BCUT2D eigenvalue weighted by Gasteiger charge is 2.28. The van der Waals surface area contributed by atoms with Gasteiger partial charge in [0.05, 0.1) is 33.2 Å². The number of aryl methyl sites for hydroxylation is 1. The summed E-state index contributed by atoms with van der Waals surface area (Å²) in [7, 11) is 0. The molecule has 1 aromatic carbocycles. The molecule has 6 nitrogen and oxygen atoms in total. The Hall–Kier alpha value is -1.87. The fraction of sp³-hybridized carbons (Fsp3) is 0.364. The van der Waals surface area contributed by atoms with Crippen LogP contribution >= 0.6 is 11.3 Å². The van der Waals surface area contributed by atoms with Crippen molar-refractivity contribution in [1.82, 2.24) is 4.98 Å². The van der Waals surface area contributed by atoms with E-state index in [4.69, 9.17) is 5.73 Å². The number of hydrogen-bond donors (Lipinski definition) is 2. The molecular weight excluding hydrogens is 290 g/mol. The number of nitrogens with zero attached hydrogens (tertiary/aromatic N) is 2. The fourth-order valence-corrected chi connectivity index (χ4v) is 2.51. The lowest BCUT2D eigenvalue weighted by atomic mass is 10.2. The molecule has 0 saturated carbocycles. The molecule has 9 heteroatoms. The molecule has 3 N–H and O–H groups in total. The Kier molecular flexibility index (Phi) is 3.82. The first-order valence-electron chi connectivity index (χ1n) is 5.70. The van der Waals surface area contributed by atoms with E-state index in [0.717, 1.165) is 5.01 Å². The monoisotopic (exact) mass is 302 g/mol. The van der Waals surface area contributed by atoms with Crippen LogP contribution in [0.15, 0.2) is 12.1 Å². The molecule has 2 rings (SSSR count). The number of nitrogens with one attached hydrogen (secondary N) is 1. The van der Waals surface area contributed by atoms with Gasteiger partial charge in [0.1, 0.15) is 5.69 Å². The van der Waals surface area contributed by atoms with E-state index in [2.05, 4.69) is 10.3 Å². The molecule has 0 aliphatic rings. The Bertz CT molecular complexity index is 659. The quantitative estimate of drug-likeness (QED) is 0.653. The molecule has 0 spiro atoms. The van der Waals surface area contributed by atoms with E-state index >= 15 is 0 Å². The second-order valence-corrected chi connectivity index (χ2v) is 5.48. The van der Waals surface area contributed by atoms with Crippen LogP contribution < -0.4 is 11.1 Å². The Balaban J connectivity index is 2.39. The van der Waals surface area contributed by atoms with E-state index in [1.807, 2.05) is 0 Å². The second kappa shape index (κ2) is 5.25. The average Bonchev–Trinajstić information content (AvgIpc) is 2.74. The van der Waals surface area contributed by atoms with Gasteiger partial charge in [0.15, 0.2) is 0 Å². The summed E-state index contributed by atoms with van der Waals surface area (Å²) < 4.78 is 26.9. The zero-order chi connectivity index (χ0) is 14.9. The first-order valence-corrected chi connectivity index (χ1v) is 6.51. The van der Waals surface area contributed by atoms with Crippen molar-refractivity contribution < 1.29 is 13.7 Å². The molecule has 0 unspecified atom stereocenters. The van der Waals surface area contributed by atoms with E-state index in [1.54, 1.807) is 6.92 Å². The van der Waals surface area contributed by atoms with Crippen LogP contribution in [0.5, 0.6) is 0 Å². The van der Waals surface area contributed by atoms with Crippen molar-refractivity contribution in [2.45, 2.75) is 12.8 Å². The second-order valence-electron chi connectivity index (χ2n) is 4.24. The predicted molar refractivity (Wildman–Crippen MR) is 73.5 cm³/mol. The molecule has 0 atom stereocenters. The Morgan fingerprint density at radius 1 is 1.55 bits per heavy atom. The number of nitro benzene ring substituents is 1. The lowest BCUT2D eigenvalue weighted by Crippen LogP contribution is -2.35. The zero-order valence-electron chi connectivity index (χ0n) is 10.5. The van der Waals surface area contributed by atoms with Crippen LogP contribution in [0.1, 0.15) is 5.01 Å². The third-order valence-corrected chi connectivity index (χ3v) is 3.58. The highest BCUT2D eigenvalue weighted by molar-refractivity contribution is 7.18. The lowest BCUT2D eigenvalue weighted by molar-refractivity contribution is -0.383. The topological polar surface area (TPSA) is 94.1 Å². The van der Waals surface area contributed by atoms with Gasteiger partial charge in [-0.25, -0.2) is 13.8 Å². The molecule has 0 aliphatic heterocycles. The maximum atomic E-state index is 13.1. The summed E-state index contributed by atoms with van der Waals surface area (Å²) in [5.74, 6) is -3.12. The van der Waals surface area contributed by atoms with E-state index in [9.17, 15) is 18.9 Å². The van der Waals surface area contributed by atoms with E-state index in [1.165, 1.54) is 23.5 Å². The smallest absolute Gasteiger partial charge is 0.293 e. The molecule has 0 bridgehead atoms. The summed E-state index contributed by atoms with van der Waals surface area (Å²) in [5.41, 5.74) is 5.23. The molecule has 108 valence electrons. The third-order valence-electron chi connectivity index (χ3n) is 2.65. The van der Waals surface area contributed by atoms with Crippen molar-refractivity contribution in [3.05, 3.63) is 27.3 Å². The number of alkyl halides is 2. The van der Waals surface area contributed by atoms with Crippen LogP contribution in [0.25, 0.3) is 10.2 Å². The maximum Gasteiger partial charge on any atom is 0.293 e. The van der Waals surface area contributed by atoms with Gasteiger partial charge < -0.3 is 11.1 Å². The minimum atomic E-state index is -3.12. The third kappa shape index (κ3) is 2.99. The lowest BCUT2D eigenvalue weighted by Gasteiger charge is -2.15. The molecule has 0 aliphatic carbocycles. The zero-order valence-corrected chi connectivity index (χ0v) is 11.3. The average molecular weight is 302 g/mol. The molecule has 1 aromatic heterocycles.